The van der Waals surface area contributed by atoms with Crippen LogP contribution in [0.4, 0.5) is 0 Å². The maximum Gasteiger partial charge on any atom is 0.254 e. The van der Waals surface area contributed by atoms with Crippen LogP contribution in [0.5, 0.6) is 0 Å². The Morgan fingerprint density at radius 1 is 1.22 bits per heavy atom. The van der Waals surface area contributed by atoms with Crippen molar-refractivity contribution >= 4 is 15.9 Å². The number of aryl methyl sites for hydroxylation is 1. The zero-order chi connectivity index (χ0) is 17.0. The molecule has 0 radical (unpaired) electrons. The van der Waals surface area contributed by atoms with Gasteiger partial charge in [0.15, 0.2) is 0 Å². The van der Waals surface area contributed by atoms with Crippen LogP contribution >= 0.6 is 0 Å². The van der Waals surface area contributed by atoms with Crippen molar-refractivity contribution < 1.29 is 17.9 Å². The molecule has 1 heterocycles. The zero-order valence-electron chi connectivity index (χ0n) is 13.9. The Labute approximate surface area is 138 Å². The number of morpholine rings is 1. The van der Waals surface area contributed by atoms with E-state index in [-0.39, 0.29) is 10.8 Å². The van der Waals surface area contributed by atoms with Crippen LogP contribution in [0.3, 0.4) is 0 Å². The van der Waals surface area contributed by atoms with Gasteiger partial charge in [-0.3, -0.25) is 4.79 Å². The number of nitrogens with zero attached hydrogens (tertiary/aromatic N) is 2. The lowest BCUT2D eigenvalue weighted by molar-refractivity contribution is 0.0730. The monoisotopic (exact) mass is 340 g/mol. The van der Waals surface area contributed by atoms with Gasteiger partial charge >= 0.3 is 0 Å². The molecule has 1 aromatic rings. The molecule has 1 saturated heterocycles. The second kappa shape index (κ2) is 7.42. The second-order valence-electron chi connectivity index (χ2n) is 5.47. The van der Waals surface area contributed by atoms with E-state index in [4.69, 9.17) is 4.74 Å². The maximum atomic E-state index is 12.7. The van der Waals surface area contributed by atoms with Gasteiger partial charge in [-0.05, 0) is 38.5 Å². The summed E-state index contributed by atoms with van der Waals surface area (Å²) in [5, 5.41) is 0. The van der Waals surface area contributed by atoms with E-state index in [0.29, 0.717) is 45.0 Å². The normalized spacial score (nSPS) is 16.3. The number of carbonyl (C=O) groups is 1. The minimum absolute atomic E-state index is 0.133. The third-order valence-corrected chi connectivity index (χ3v) is 5.99. The Bertz CT molecular complexity index is 663. The van der Waals surface area contributed by atoms with Crippen LogP contribution < -0.4 is 0 Å². The molecule has 6 nitrogen and oxygen atoms in total. The summed E-state index contributed by atoms with van der Waals surface area (Å²) in [7, 11) is -3.59. The molecule has 0 bridgehead atoms. The van der Waals surface area contributed by atoms with Crippen molar-refractivity contribution in [1.29, 1.82) is 0 Å². The molecule has 0 N–H and O–H groups in total. The van der Waals surface area contributed by atoms with Crippen molar-refractivity contribution in [2.45, 2.75) is 25.7 Å². The van der Waals surface area contributed by atoms with Gasteiger partial charge in [0, 0.05) is 31.7 Å². The predicted molar refractivity (Wildman–Crippen MR) is 88.0 cm³/mol. The van der Waals surface area contributed by atoms with Crippen molar-refractivity contribution in [3.63, 3.8) is 0 Å². The average molecular weight is 340 g/mol. The molecule has 2 rings (SSSR count). The molecule has 1 fully saturated rings. The fourth-order valence-corrected chi connectivity index (χ4v) is 4.04. The quantitative estimate of drug-likeness (QED) is 0.815. The van der Waals surface area contributed by atoms with Crippen molar-refractivity contribution in [2.75, 3.05) is 39.4 Å². The highest BCUT2D eigenvalue weighted by Crippen LogP contribution is 2.21. The lowest BCUT2D eigenvalue weighted by Gasteiger charge is -2.26. The van der Waals surface area contributed by atoms with Crippen LogP contribution in [0.1, 0.15) is 29.8 Å². The van der Waals surface area contributed by atoms with Crippen LogP contribution in [0.25, 0.3) is 0 Å². The van der Waals surface area contributed by atoms with Crippen molar-refractivity contribution in [1.82, 2.24) is 9.21 Å². The Balaban J connectivity index is 2.38. The molecule has 128 valence electrons. The Kier molecular flexibility index (Phi) is 5.78. The summed E-state index contributed by atoms with van der Waals surface area (Å²) in [5.74, 6) is -0.133. The van der Waals surface area contributed by atoms with Gasteiger partial charge < -0.3 is 9.64 Å². The molecule has 1 amide bonds. The molecule has 0 unspecified atom stereocenters. The minimum Gasteiger partial charge on any atom is -0.379 e. The first-order valence-electron chi connectivity index (χ1n) is 7.89. The fourth-order valence-electron chi connectivity index (χ4n) is 2.61. The summed E-state index contributed by atoms with van der Waals surface area (Å²) < 4.78 is 32.1. The fraction of sp³-hybridized carbons (Fsp3) is 0.562. The summed E-state index contributed by atoms with van der Waals surface area (Å²) >= 11 is 0. The maximum absolute atomic E-state index is 12.7. The van der Waals surface area contributed by atoms with Gasteiger partial charge in [-0.2, -0.15) is 4.31 Å². The highest BCUT2D eigenvalue weighted by Gasteiger charge is 2.27. The van der Waals surface area contributed by atoms with Gasteiger partial charge in [-0.25, -0.2) is 8.42 Å². The zero-order valence-corrected chi connectivity index (χ0v) is 14.7. The third-order valence-electron chi connectivity index (χ3n) is 4.10. The highest BCUT2D eigenvalue weighted by molar-refractivity contribution is 7.89. The van der Waals surface area contributed by atoms with E-state index in [1.54, 1.807) is 17.0 Å². The van der Waals surface area contributed by atoms with Gasteiger partial charge in [0.05, 0.1) is 18.1 Å². The molecule has 1 aliphatic heterocycles. The van der Waals surface area contributed by atoms with E-state index >= 15 is 0 Å². The number of carbonyl (C=O) groups excluding carboxylic acids is 1. The summed E-state index contributed by atoms with van der Waals surface area (Å²) in [5.41, 5.74) is 1.23. The molecule has 7 heteroatoms. The molecule has 0 spiro atoms. The minimum atomic E-state index is -3.59. The molecule has 0 saturated carbocycles. The van der Waals surface area contributed by atoms with Crippen LogP contribution in [0, 0.1) is 6.92 Å². The van der Waals surface area contributed by atoms with Crippen molar-refractivity contribution in [3.8, 4) is 0 Å². The lowest BCUT2D eigenvalue weighted by Crippen LogP contribution is -2.40. The predicted octanol–water partition coefficient (Wildman–Crippen LogP) is 1.50. The van der Waals surface area contributed by atoms with E-state index in [1.807, 2.05) is 20.8 Å². The van der Waals surface area contributed by atoms with Gasteiger partial charge in [-0.1, -0.05) is 6.07 Å². The first kappa shape index (κ1) is 17.9. The van der Waals surface area contributed by atoms with Crippen molar-refractivity contribution in [2.24, 2.45) is 0 Å². The van der Waals surface area contributed by atoms with E-state index < -0.39 is 10.0 Å². The van der Waals surface area contributed by atoms with Crippen LogP contribution in [0.15, 0.2) is 23.1 Å². The van der Waals surface area contributed by atoms with Gasteiger partial charge in [0.25, 0.3) is 5.91 Å². The number of rotatable bonds is 5. The largest absolute Gasteiger partial charge is 0.379 e. The van der Waals surface area contributed by atoms with Crippen LogP contribution in [-0.4, -0.2) is 62.9 Å². The molecular weight excluding hydrogens is 316 g/mol. The second-order valence-corrected chi connectivity index (χ2v) is 7.41. The number of benzene rings is 1. The topological polar surface area (TPSA) is 66.9 Å². The molecule has 1 aromatic carbocycles. The third kappa shape index (κ3) is 3.73. The number of ether oxygens (including phenoxy) is 1. The van der Waals surface area contributed by atoms with Crippen LogP contribution in [-0.2, 0) is 14.8 Å². The van der Waals surface area contributed by atoms with E-state index in [1.165, 1.54) is 10.4 Å². The lowest BCUT2D eigenvalue weighted by atomic mass is 10.1. The number of amides is 1. The number of hydrogen-bond acceptors (Lipinski definition) is 4. The summed E-state index contributed by atoms with van der Waals surface area (Å²) in [6.45, 7) is 8.31. The molecule has 0 aliphatic carbocycles. The smallest absolute Gasteiger partial charge is 0.254 e. The SMILES string of the molecule is CCN(CC)C(=O)c1cc(S(=O)(=O)N2CCOCC2)ccc1C. The molecular formula is C16H24N2O4S. The van der Waals surface area contributed by atoms with E-state index in [0.717, 1.165) is 5.56 Å². The summed E-state index contributed by atoms with van der Waals surface area (Å²) in [6, 6.07) is 4.77. The molecule has 0 aromatic heterocycles. The summed E-state index contributed by atoms with van der Waals surface area (Å²) in [6.07, 6.45) is 0. The Morgan fingerprint density at radius 2 is 1.83 bits per heavy atom. The Hall–Kier alpha value is -1.44. The number of sulfonamides is 1. The first-order valence-corrected chi connectivity index (χ1v) is 9.33. The average Bonchev–Trinajstić information content (AvgIpc) is 2.57. The first-order chi connectivity index (χ1) is 10.9. The van der Waals surface area contributed by atoms with Gasteiger partial charge in [0.1, 0.15) is 0 Å². The van der Waals surface area contributed by atoms with Crippen molar-refractivity contribution in [3.05, 3.63) is 29.3 Å². The highest BCUT2D eigenvalue weighted by atomic mass is 32.2. The van der Waals surface area contributed by atoms with Crippen LogP contribution in [0.2, 0.25) is 0 Å². The van der Waals surface area contributed by atoms with Gasteiger partial charge in [-0.15, -0.1) is 0 Å². The van der Waals surface area contributed by atoms with E-state index in [2.05, 4.69) is 0 Å². The Morgan fingerprint density at radius 3 is 2.39 bits per heavy atom. The van der Waals surface area contributed by atoms with Gasteiger partial charge in [0.2, 0.25) is 10.0 Å². The molecule has 1 aliphatic rings. The molecule has 23 heavy (non-hydrogen) atoms. The molecule has 0 atom stereocenters. The van der Waals surface area contributed by atoms with E-state index in [9.17, 15) is 13.2 Å². The number of hydrogen-bond donors (Lipinski definition) is 0. The summed E-state index contributed by atoms with van der Waals surface area (Å²) in [4.78, 5) is 14.4. The standard InChI is InChI=1S/C16H24N2O4S/c1-4-17(5-2)16(19)15-12-14(7-6-13(15)3)23(20,21)18-8-10-22-11-9-18/h6-7,12H,4-5,8-11H2,1-3H3.